The molecule has 0 bridgehead atoms. The van der Waals surface area contributed by atoms with E-state index in [1.54, 1.807) is 6.20 Å². The number of fused-ring (bicyclic) bond motifs is 1. The summed E-state index contributed by atoms with van der Waals surface area (Å²) in [7, 11) is 0. The van der Waals surface area contributed by atoms with E-state index < -0.39 is 5.97 Å². The summed E-state index contributed by atoms with van der Waals surface area (Å²) in [6.45, 7) is 1.96. The fraction of sp³-hybridized carbons (Fsp3) is 0.0625. The standard InChI is InChI=1S/C16H14N2O2S/c1-10-6-7-11(8-14(10)17)21-18-9-13(16(19)20)12-4-2-3-5-15(12)18/h2-9H,17H2,1H3,(H,19,20). The summed E-state index contributed by atoms with van der Waals surface area (Å²) in [5.41, 5.74) is 8.86. The Kier molecular flexibility index (Phi) is 3.35. The highest BCUT2D eigenvalue weighted by Crippen LogP contribution is 2.30. The Hall–Kier alpha value is -2.40. The molecule has 3 aromatic rings. The quantitative estimate of drug-likeness (QED) is 0.722. The number of para-hydroxylation sites is 1. The number of carbonyl (C=O) groups is 1. The minimum Gasteiger partial charge on any atom is -0.478 e. The van der Waals surface area contributed by atoms with Crippen LogP contribution in [-0.4, -0.2) is 15.0 Å². The van der Waals surface area contributed by atoms with Crippen molar-refractivity contribution < 1.29 is 9.90 Å². The SMILES string of the molecule is Cc1ccc(Sn2cc(C(=O)O)c3ccccc32)cc1N. The van der Waals surface area contributed by atoms with Crippen molar-refractivity contribution in [3.05, 3.63) is 59.8 Å². The number of carboxylic acids is 1. The van der Waals surface area contributed by atoms with Crippen molar-refractivity contribution in [1.82, 2.24) is 3.97 Å². The molecule has 0 aliphatic heterocycles. The Morgan fingerprint density at radius 1 is 1.24 bits per heavy atom. The van der Waals surface area contributed by atoms with Crippen LogP contribution in [0.5, 0.6) is 0 Å². The molecule has 0 unspecified atom stereocenters. The summed E-state index contributed by atoms with van der Waals surface area (Å²) in [4.78, 5) is 12.3. The Morgan fingerprint density at radius 3 is 2.71 bits per heavy atom. The molecule has 3 N–H and O–H groups in total. The van der Waals surface area contributed by atoms with Gasteiger partial charge in [-0.25, -0.2) is 4.79 Å². The van der Waals surface area contributed by atoms with Gasteiger partial charge in [-0.05, 0) is 42.6 Å². The summed E-state index contributed by atoms with van der Waals surface area (Å²) < 4.78 is 1.86. The molecule has 21 heavy (non-hydrogen) atoms. The zero-order valence-corrected chi connectivity index (χ0v) is 12.2. The molecule has 0 amide bonds. The first-order valence-electron chi connectivity index (χ1n) is 6.44. The van der Waals surface area contributed by atoms with Crippen LogP contribution in [0.4, 0.5) is 5.69 Å². The summed E-state index contributed by atoms with van der Waals surface area (Å²) in [5.74, 6) is -0.922. The minimum absolute atomic E-state index is 0.304. The molecule has 2 aromatic carbocycles. The third kappa shape index (κ3) is 2.48. The molecule has 0 spiro atoms. The molecule has 106 valence electrons. The maximum absolute atomic E-state index is 11.3. The van der Waals surface area contributed by atoms with E-state index in [4.69, 9.17) is 5.73 Å². The Labute approximate surface area is 126 Å². The largest absolute Gasteiger partial charge is 0.478 e. The highest BCUT2D eigenvalue weighted by atomic mass is 32.2. The molecule has 0 aliphatic carbocycles. The lowest BCUT2D eigenvalue weighted by Crippen LogP contribution is -1.94. The zero-order chi connectivity index (χ0) is 15.0. The smallest absolute Gasteiger partial charge is 0.337 e. The van der Waals surface area contributed by atoms with Crippen molar-refractivity contribution in [1.29, 1.82) is 0 Å². The van der Waals surface area contributed by atoms with Crippen molar-refractivity contribution in [3.63, 3.8) is 0 Å². The number of benzene rings is 2. The maximum Gasteiger partial charge on any atom is 0.337 e. The average molecular weight is 298 g/mol. The van der Waals surface area contributed by atoms with E-state index in [1.807, 2.05) is 53.4 Å². The van der Waals surface area contributed by atoms with E-state index in [1.165, 1.54) is 11.9 Å². The van der Waals surface area contributed by atoms with Gasteiger partial charge >= 0.3 is 5.97 Å². The van der Waals surface area contributed by atoms with Gasteiger partial charge in [0, 0.05) is 22.2 Å². The molecule has 0 fully saturated rings. The Balaban J connectivity index is 2.08. The summed E-state index contributed by atoms with van der Waals surface area (Å²) >= 11 is 1.45. The Morgan fingerprint density at radius 2 is 2.00 bits per heavy atom. The van der Waals surface area contributed by atoms with Gasteiger partial charge in [0.05, 0.1) is 11.1 Å². The highest BCUT2D eigenvalue weighted by molar-refractivity contribution is 7.98. The number of nitrogens with zero attached hydrogens (tertiary/aromatic N) is 1. The summed E-state index contributed by atoms with van der Waals surface area (Å²) in [6, 6.07) is 13.3. The zero-order valence-electron chi connectivity index (χ0n) is 11.4. The normalized spacial score (nSPS) is 10.9. The monoisotopic (exact) mass is 298 g/mol. The second-order valence-electron chi connectivity index (χ2n) is 4.80. The molecule has 4 nitrogen and oxygen atoms in total. The average Bonchev–Trinajstić information content (AvgIpc) is 2.82. The summed E-state index contributed by atoms with van der Waals surface area (Å²) in [5, 5.41) is 10.0. The number of anilines is 1. The van der Waals surface area contributed by atoms with Gasteiger partial charge in [-0.3, -0.25) is 3.97 Å². The van der Waals surface area contributed by atoms with Gasteiger partial charge in [-0.2, -0.15) is 0 Å². The lowest BCUT2D eigenvalue weighted by atomic mass is 10.2. The second-order valence-corrected chi connectivity index (χ2v) is 5.85. The van der Waals surface area contributed by atoms with Crippen LogP contribution < -0.4 is 5.73 Å². The van der Waals surface area contributed by atoms with Crippen molar-refractivity contribution in [2.24, 2.45) is 0 Å². The molecular formula is C16H14N2O2S. The predicted molar refractivity (Wildman–Crippen MR) is 85.7 cm³/mol. The van der Waals surface area contributed by atoms with E-state index >= 15 is 0 Å². The lowest BCUT2D eigenvalue weighted by Gasteiger charge is -2.06. The molecule has 0 atom stereocenters. The van der Waals surface area contributed by atoms with Crippen LogP contribution >= 0.6 is 11.9 Å². The van der Waals surface area contributed by atoms with Gasteiger partial charge in [-0.15, -0.1) is 0 Å². The Bertz CT molecular complexity index is 839. The number of nitrogens with two attached hydrogens (primary N) is 1. The van der Waals surface area contributed by atoms with Gasteiger partial charge < -0.3 is 10.8 Å². The molecule has 0 saturated heterocycles. The van der Waals surface area contributed by atoms with Crippen molar-refractivity contribution in [3.8, 4) is 0 Å². The number of hydrogen-bond acceptors (Lipinski definition) is 3. The fourth-order valence-electron chi connectivity index (χ4n) is 2.18. The van der Waals surface area contributed by atoms with E-state index in [0.29, 0.717) is 5.56 Å². The van der Waals surface area contributed by atoms with Crippen LogP contribution in [0.2, 0.25) is 0 Å². The van der Waals surface area contributed by atoms with Crippen LogP contribution in [0.15, 0.2) is 53.6 Å². The third-order valence-electron chi connectivity index (χ3n) is 3.36. The third-order valence-corrected chi connectivity index (χ3v) is 4.33. The maximum atomic E-state index is 11.3. The van der Waals surface area contributed by atoms with Crippen LogP contribution in [-0.2, 0) is 0 Å². The first kappa shape index (κ1) is 13.6. The number of nitrogen functional groups attached to an aromatic ring is 1. The number of rotatable bonds is 3. The minimum atomic E-state index is -0.922. The van der Waals surface area contributed by atoms with E-state index in [9.17, 15) is 9.90 Å². The number of aromatic nitrogens is 1. The van der Waals surface area contributed by atoms with Crippen molar-refractivity contribution >= 4 is 34.5 Å². The van der Waals surface area contributed by atoms with E-state index in [2.05, 4.69) is 0 Å². The van der Waals surface area contributed by atoms with Crippen LogP contribution in [0.1, 0.15) is 15.9 Å². The van der Waals surface area contributed by atoms with Crippen LogP contribution in [0.25, 0.3) is 10.9 Å². The molecule has 1 heterocycles. The first-order chi connectivity index (χ1) is 10.1. The molecular weight excluding hydrogens is 284 g/mol. The van der Waals surface area contributed by atoms with Gasteiger partial charge in [0.1, 0.15) is 0 Å². The molecule has 0 saturated carbocycles. The van der Waals surface area contributed by atoms with Crippen molar-refractivity contribution in [2.45, 2.75) is 11.8 Å². The van der Waals surface area contributed by atoms with Gasteiger partial charge in [-0.1, -0.05) is 24.3 Å². The molecule has 3 rings (SSSR count). The van der Waals surface area contributed by atoms with Gasteiger partial charge in [0.2, 0.25) is 0 Å². The highest BCUT2D eigenvalue weighted by Gasteiger charge is 2.14. The second kappa shape index (κ2) is 5.18. The van der Waals surface area contributed by atoms with Crippen molar-refractivity contribution in [2.75, 3.05) is 5.73 Å². The van der Waals surface area contributed by atoms with E-state index in [-0.39, 0.29) is 0 Å². The molecule has 0 aliphatic rings. The number of hydrogen-bond donors (Lipinski definition) is 2. The number of aromatic carboxylic acids is 1. The first-order valence-corrected chi connectivity index (χ1v) is 7.21. The van der Waals surface area contributed by atoms with Crippen LogP contribution in [0, 0.1) is 6.92 Å². The molecule has 0 radical (unpaired) electrons. The van der Waals surface area contributed by atoms with E-state index in [0.717, 1.165) is 27.0 Å². The van der Waals surface area contributed by atoms with Gasteiger partial charge in [0.25, 0.3) is 0 Å². The topological polar surface area (TPSA) is 68.2 Å². The predicted octanol–water partition coefficient (Wildman–Crippen LogP) is 3.79. The number of carboxylic acid groups (broad SMARTS) is 1. The summed E-state index contributed by atoms with van der Waals surface area (Å²) in [6.07, 6.45) is 1.65. The van der Waals surface area contributed by atoms with Gasteiger partial charge in [0.15, 0.2) is 0 Å². The molecule has 5 heteroatoms. The van der Waals surface area contributed by atoms with Crippen LogP contribution in [0.3, 0.4) is 0 Å². The number of aryl methyl sites for hydroxylation is 1. The molecule has 1 aromatic heterocycles. The lowest BCUT2D eigenvalue weighted by molar-refractivity contribution is 0.0699. The fourth-order valence-corrected chi connectivity index (χ4v) is 3.14.